The van der Waals surface area contributed by atoms with E-state index in [1.165, 1.54) is 0 Å². The third-order valence-corrected chi connectivity index (χ3v) is 3.87. The minimum atomic E-state index is -1.13. The van der Waals surface area contributed by atoms with E-state index in [0.29, 0.717) is 22.9 Å². The van der Waals surface area contributed by atoms with Crippen molar-refractivity contribution in [3.63, 3.8) is 0 Å². The Balaban J connectivity index is 1.92. The molecule has 0 spiro atoms. The van der Waals surface area contributed by atoms with Crippen molar-refractivity contribution in [3.05, 3.63) is 35.0 Å². The number of rotatable bonds is 2. The Kier molecular flexibility index (Phi) is 2.55. The second kappa shape index (κ2) is 3.91. The Morgan fingerprint density at radius 3 is 1.74 bits per heavy atom. The second-order valence-electron chi connectivity index (χ2n) is 5.40. The van der Waals surface area contributed by atoms with Crippen molar-refractivity contribution in [1.82, 2.24) is 10.3 Å². The van der Waals surface area contributed by atoms with Gasteiger partial charge in [-0.1, -0.05) is 10.3 Å². The highest BCUT2D eigenvalue weighted by Crippen LogP contribution is 2.55. The fourth-order valence-electron chi connectivity index (χ4n) is 2.97. The summed E-state index contributed by atoms with van der Waals surface area (Å²) in [5.74, 6) is 0.344. The highest BCUT2D eigenvalue weighted by atomic mass is 16.5. The van der Waals surface area contributed by atoms with E-state index in [1.54, 1.807) is 32.9 Å². The van der Waals surface area contributed by atoms with Gasteiger partial charge in [-0.3, -0.25) is 0 Å². The SMILES string of the molecule is Cc1cc([C@@H]2C(O)[C@@H](c3cc(C)on3)C2(C)O)no1. The molecule has 6 nitrogen and oxygen atoms in total. The molecule has 1 aliphatic rings. The normalized spacial score (nSPS) is 34.3. The van der Waals surface area contributed by atoms with Crippen molar-refractivity contribution in [2.75, 3.05) is 0 Å². The quantitative estimate of drug-likeness (QED) is 0.848. The number of hydrogen-bond acceptors (Lipinski definition) is 6. The summed E-state index contributed by atoms with van der Waals surface area (Å²) < 4.78 is 10.0. The molecule has 0 amide bonds. The van der Waals surface area contributed by atoms with Crippen molar-refractivity contribution in [1.29, 1.82) is 0 Å². The maximum atomic E-state index is 10.6. The molecule has 0 aliphatic heterocycles. The molecule has 0 saturated heterocycles. The topological polar surface area (TPSA) is 92.5 Å². The molecule has 1 aliphatic carbocycles. The minimum absolute atomic E-state index is 0.480. The van der Waals surface area contributed by atoms with Gasteiger partial charge in [0.2, 0.25) is 0 Å². The van der Waals surface area contributed by atoms with E-state index in [-0.39, 0.29) is 0 Å². The van der Waals surface area contributed by atoms with Crippen LogP contribution in [-0.2, 0) is 0 Å². The summed E-state index contributed by atoms with van der Waals surface area (Å²) >= 11 is 0. The summed E-state index contributed by atoms with van der Waals surface area (Å²) in [6.07, 6.45) is -0.760. The van der Waals surface area contributed by atoms with Crippen LogP contribution in [0.1, 0.15) is 41.7 Å². The summed E-state index contributed by atoms with van der Waals surface area (Å²) in [7, 11) is 0. The van der Waals surface area contributed by atoms with E-state index in [2.05, 4.69) is 10.3 Å². The van der Waals surface area contributed by atoms with Gasteiger partial charge in [-0.2, -0.15) is 0 Å². The van der Waals surface area contributed by atoms with E-state index in [0.717, 1.165) is 0 Å². The zero-order valence-corrected chi connectivity index (χ0v) is 11.0. The van der Waals surface area contributed by atoms with Gasteiger partial charge in [0.25, 0.3) is 0 Å². The van der Waals surface area contributed by atoms with Gasteiger partial charge in [-0.15, -0.1) is 0 Å². The molecular weight excluding hydrogens is 248 g/mol. The predicted molar refractivity (Wildman–Crippen MR) is 64.6 cm³/mol. The van der Waals surface area contributed by atoms with E-state index in [4.69, 9.17) is 9.05 Å². The van der Waals surface area contributed by atoms with E-state index in [9.17, 15) is 10.2 Å². The highest BCUT2D eigenvalue weighted by Gasteiger charge is 2.61. The average Bonchev–Trinajstić information content (AvgIpc) is 2.88. The van der Waals surface area contributed by atoms with Crippen molar-refractivity contribution < 1.29 is 19.3 Å². The van der Waals surface area contributed by atoms with E-state index >= 15 is 0 Å². The van der Waals surface area contributed by atoms with Crippen LogP contribution in [0, 0.1) is 13.8 Å². The molecule has 102 valence electrons. The Morgan fingerprint density at radius 2 is 1.47 bits per heavy atom. The lowest BCUT2D eigenvalue weighted by Crippen LogP contribution is -2.60. The van der Waals surface area contributed by atoms with Gasteiger partial charge in [-0.05, 0) is 20.8 Å². The number of nitrogens with zero attached hydrogens (tertiary/aromatic N) is 2. The summed E-state index contributed by atoms with van der Waals surface area (Å²) in [5, 5.41) is 28.7. The molecule has 2 atom stereocenters. The molecular formula is C13H16N2O4. The molecule has 3 rings (SSSR count). The first-order valence-corrected chi connectivity index (χ1v) is 6.18. The standard InChI is InChI=1S/C13H16N2O4/c1-6-4-8(14-18-6)10-12(16)11(13(10,3)17)9-5-7(2)19-15-9/h4-5,10-12,16-17H,1-3H3/t10-,11-,12?,13?/m1/s1. The lowest BCUT2D eigenvalue weighted by atomic mass is 9.57. The fraction of sp³-hybridized carbons (Fsp3) is 0.538. The van der Waals surface area contributed by atoms with Crippen molar-refractivity contribution in [3.8, 4) is 0 Å². The average molecular weight is 264 g/mol. The smallest absolute Gasteiger partial charge is 0.133 e. The van der Waals surface area contributed by atoms with Crippen LogP contribution < -0.4 is 0 Å². The molecule has 0 aromatic carbocycles. The number of aryl methyl sites for hydroxylation is 2. The largest absolute Gasteiger partial charge is 0.391 e. The Labute approximate surface area is 110 Å². The molecule has 2 heterocycles. The molecule has 0 bridgehead atoms. The number of hydrogen-bond donors (Lipinski definition) is 2. The van der Waals surface area contributed by atoms with Gasteiger partial charge in [0.05, 0.1) is 34.9 Å². The minimum Gasteiger partial charge on any atom is -0.391 e. The molecule has 2 N–H and O–H groups in total. The van der Waals surface area contributed by atoms with E-state index < -0.39 is 23.5 Å². The molecule has 0 unspecified atom stereocenters. The maximum absolute atomic E-state index is 10.6. The van der Waals surface area contributed by atoms with Crippen LogP contribution in [0.15, 0.2) is 21.2 Å². The van der Waals surface area contributed by atoms with E-state index in [1.807, 2.05) is 0 Å². The lowest BCUT2D eigenvalue weighted by molar-refractivity contribution is -0.154. The predicted octanol–water partition coefficient (Wildman–Crippen LogP) is 1.27. The summed E-state index contributed by atoms with van der Waals surface area (Å²) in [4.78, 5) is 0. The van der Waals surface area contributed by atoms with Gasteiger partial charge in [0.1, 0.15) is 11.5 Å². The van der Waals surface area contributed by atoms with Crippen LogP contribution in [0.25, 0.3) is 0 Å². The first-order chi connectivity index (χ1) is 8.91. The van der Waals surface area contributed by atoms with Crippen LogP contribution in [0.2, 0.25) is 0 Å². The highest BCUT2D eigenvalue weighted by molar-refractivity contribution is 5.33. The summed E-state index contributed by atoms with van der Waals surface area (Å²) in [6, 6.07) is 3.46. The second-order valence-corrected chi connectivity index (χ2v) is 5.40. The third kappa shape index (κ3) is 1.71. The van der Waals surface area contributed by atoms with Gasteiger partial charge >= 0.3 is 0 Å². The zero-order valence-electron chi connectivity index (χ0n) is 11.0. The van der Waals surface area contributed by atoms with Crippen LogP contribution in [0.4, 0.5) is 0 Å². The van der Waals surface area contributed by atoms with Crippen LogP contribution >= 0.6 is 0 Å². The monoisotopic (exact) mass is 264 g/mol. The lowest BCUT2D eigenvalue weighted by Gasteiger charge is -2.52. The Bertz CT molecular complexity index is 551. The molecule has 19 heavy (non-hydrogen) atoms. The molecule has 6 heteroatoms. The van der Waals surface area contributed by atoms with Gasteiger partial charge in [0.15, 0.2) is 0 Å². The number of aliphatic hydroxyl groups excluding tert-OH is 1. The van der Waals surface area contributed by atoms with Crippen LogP contribution in [0.3, 0.4) is 0 Å². The maximum Gasteiger partial charge on any atom is 0.133 e. The third-order valence-electron chi connectivity index (χ3n) is 3.87. The number of aliphatic hydroxyl groups is 2. The van der Waals surface area contributed by atoms with Gasteiger partial charge in [-0.25, -0.2) is 0 Å². The van der Waals surface area contributed by atoms with Crippen molar-refractivity contribution in [2.24, 2.45) is 0 Å². The Hall–Kier alpha value is -1.66. The fourth-order valence-corrected chi connectivity index (χ4v) is 2.97. The Morgan fingerprint density at radius 1 is 1.05 bits per heavy atom. The molecule has 0 radical (unpaired) electrons. The van der Waals surface area contributed by atoms with Crippen molar-refractivity contribution in [2.45, 2.75) is 44.3 Å². The zero-order chi connectivity index (χ0) is 13.8. The van der Waals surface area contributed by atoms with Crippen LogP contribution in [-0.4, -0.2) is 32.2 Å². The summed E-state index contributed by atoms with van der Waals surface area (Å²) in [6.45, 7) is 5.21. The van der Waals surface area contributed by atoms with Gasteiger partial charge < -0.3 is 19.3 Å². The molecule has 2 aromatic heterocycles. The van der Waals surface area contributed by atoms with Crippen LogP contribution in [0.5, 0.6) is 0 Å². The first kappa shape index (κ1) is 12.4. The summed E-state index contributed by atoms with van der Waals surface area (Å²) in [5.41, 5.74) is -0.00981. The molecule has 2 aromatic rings. The first-order valence-electron chi connectivity index (χ1n) is 6.18. The number of aromatic nitrogens is 2. The molecule has 1 fully saturated rings. The van der Waals surface area contributed by atoms with Gasteiger partial charge in [0, 0.05) is 12.1 Å². The molecule has 1 saturated carbocycles. The van der Waals surface area contributed by atoms with Crippen molar-refractivity contribution >= 4 is 0 Å².